The molecular formula is C16H16O2. The number of rotatable bonds is 3. The normalized spacial score (nSPS) is 17.5. The summed E-state index contributed by atoms with van der Waals surface area (Å²) in [6.07, 6.45) is 1.39. The van der Waals surface area contributed by atoms with Crippen LogP contribution in [0.15, 0.2) is 48.5 Å². The summed E-state index contributed by atoms with van der Waals surface area (Å²) in [7, 11) is 0. The standard InChI is InChI=1S/C16H16O2/c17-15-10-9-14-13(15)7-4-8-16(14)18-11-12-5-2-1-3-6-12/h1-8,15,17H,9-11H2/t15-/m0/s1. The Balaban J connectivity index is 1.78. The van der Waals surface area contributed by atoms with Crippen molar-refractivity contribution in [2.75, 3.05) is 0 Å². The molecule has 1 aliphatic carbocycles. The van der Waals surface area contributed by atoms with E-state index in [1.807, 2.05) is 36.4 Å². The van der Waals surface area contributed by atoms with Gasteiger partial charge >= 0.3 is 0 Å². The van der Waals surface area contributed by atoms with Gasteiger partial charge in [-0.15, -0.1) is 0 Å². The zero-order valence-electron chi connectivity index (χ0n) is 10.2. The van der Waals surface area contributed by atoms with Gasteiger partial charge in [-0.3, -0.25) is 0 Å². The summed E-state index contributed by atoms with van der Waals surface area (Å²) in [5, 5.41) is 9.84. The Kier molecular flexibility index (Phi) is 3.03. The Bertz CT molecular complexity index is 534. The second-order valence-electron chi connectivity index (χ2n) is 4.65. The molecule has 2 aromatic rings. The van der Waals surface area contributed by atoms with Gasteiger partial charge in [-0.1, -0.05) is 42.5 Å². The number of ether oxygens (including phenoxy) is 1. The van der Waals surface area contributed by atoms with Crippen LogP contribution in [0, 0.1) is 0 Å². The van der Waals surface area contributed by atoms with Crippen LogP contribution in [0.25, 0.3) is 0 Å². The van der Waals surface area contributed by atoms with E-state index in [0.29, 0.717) is 6.61 Å². The lowest BCUT2D eigenvalue weighted by Gasteiger charge is -2.11. The van der Waals surface area contributed by atoms with Crippen LogP contribution in [-0.2, 0) is 13.0 Å². The molecule has 2 nitrogen and oxygen atoms in total. The zero-order chi connectivity index (χ0) is 12.4. The molecule has 18 heavy (non-hydrogen) atoms. The molecule has 0 bridgehead atoms. The molecule has 0 spiro atoms. The number of aliphatic hydroxyl groups is 1. The number of hydrogen-bond acceptors (Lipinski definition) is 2. The fourth-order valence-electron chi connectivity index (χ4n) is 2.47. The first kappa shape index (κ1) is 11.3. The third-order valence-electron chi connectivity index (χ3n) is 3.43. The molecule has 2 aromatic carbocycles. The van der Waals surface area contributed by atoms with Crippen molar-refractivity contribution in [3.05, 3.63) is 65.2 Å². The zero-order valence-corrected chi connectivity index (χ0v) is 10.2. The first-order chi connectivity index (χ1) is 8.84. The summed E-state index contributed by atoms with van der Waals surface area (Å²) in [6.45, 7) is 0.577. The van der Waals surface area contributed by atoms with Gasteiger partial charge in [-0.05, 0) is 30.0 Å². The first-order valence-corrected chi connectivity index (χ1v) is 6.31. The second-order valence-corrected chi connectivity index (χ2v) is 4.65. The van der Waals surface area contributed by atoms with E-state index in [4.69, 9.17) is 4.74 Å². The van der Waals surface area contributed by atoms with Crippen LogP contribution < -0.4 is 4.74 Å². The molecule has 0 saturated heterocycles. The molecule has 0 fully saturated rings. The summed E-state index contributed by atoms with van der Waals surface area (Å²) in [4.78, 5) is 0. The van der Waals surface area contributed by atoms with Crippen LogP contribution in [-0.4, -0.2) is 5.11 Å². The Labute approximate surface area is 107 Å². The van der Waals surface area contributed by atoms with Crippen LogP contribution in [0.3, 0.4) is 0 Å². The van der Waals surface area contributed by atoms with Crippen molar-refractivity contribution < 1.29 is 9.84 Å². The highest BCUT2D eigenvalue weighted by Gasteiger charge is 2.22. The Morgan fingerprint density at radius 1 is 1.06 bits per heavy atom. The molecule has 2 heteroatoms. The molecule has 1 atom stereocenters. The molecule has 1 aliphatic rings. The van der Waals surface area contributed by atoms with Gasteiger partial charge in [-0.2, -0.15) is 0 Å². The third-order valence-corrected chi connectivity index (χ3v) is 3.43. The van der Waals surface area contributed by atoms with Crippen molar-refractivity contribution in [1.29, 1.82) is 0 Å². The first-order valence-electron chi connectivity index (χ1n) is 6.31. The lowest BCUT2D eigenvalue weighted by molar-refractivity contribution is 0.180. The molecule has 0 radical (unpaired) electrons. The van der Waals surface area contributed by atoms with E-state index in [1.165, 1.54) is 5.56 Å². The maximum atomic E-state index is 9.84. The minimum absolute atomic E-state index is 0.319. The lowest BCUT2D eigenvalue weighted by Crippen LogP contribution is -1.98. The summed E-state index contributed by atoms with van der Waals surface area (Å²) in [5.41, 5.74) is 3.36. The summed E-state index contributed by atoms with van der Waals surface area (Å²) < 4.78 is 5.87. The lowest BCUT2D eigenvalue weighted by atomic mass is 10.1. The fourth-order valence-corrected chi connectivity index (χ4v) is 2.47. The van der Waals surface area contributed by atoms with Gasteiger partial charge in [0.2, 0.25) is 0 Å². The Morgan fingerprint density at radius 2 is 1.89 bits per heavy atom. The minimum Gasteiger partial charge on any atom is -0.489 e. The van der Waals surface area contributed by atoms with E-state index in [0.717, 1.165) is 29.7 Å². The summed E-state index contributed by atoms with van der Waals surface area (Å²) >= 11 is 0. The summed E-state index contributed by atoms with van der Waals surface area (Å²) in [6, 6.07) is 16.1. The van der Waals surface area contributed by atoms with E-state index in [2.05, 4.69) is 12.1 Å². The topological polar surface area (TPSA) is 29.5 Å². The van der Waals surface area contributed by atoms with Crippen molar-refractivity contribution in [3.8, 4) is 5.75 Å². The summed E-state index contributed by atoms with van der Waals surface area (Å²) in [5.74, 6) is 0.910. The highest BCUT2D eigenvalue weighted by molar-refractivity contribution is 5.44. The largest absolute Gasteiger partial charge is 0.489 e. The van der Waals surface area contributed by atoms with Crippen LogP contribution in [0.4, 0.5) is 0 Å². The smallest absolute Gasteiger partial charge is 0.123 e. The van der Waals surface area contributed by atoms with E-state index >= 15 is 0 Å². The van der Waals surface area contributed by atoms with Gasteiger partial charge in [0.15, 0.2) is 0 Å². The van der Waals surface area contributed by atoms with E-state index in [9.17, 15) is 5.11 Å². The third kappa shape index (κ3) is 2.12. The monoisotopic (exact) mass is 240 g/mol. The second kappa shape index (κ2) is 4.83. The number of hydrogen-bond donors (Lipinski definition) is 1. The average Bonchev–Trinajstić information content (AvgIpc) is 2.80. The predicted octanol–water partition coefficient (Wildman–Crippen LogP) is 3.25. The maximum absolute atomic E-state index is 9.84. The average molecular weight is 240 g/mol. The van der Waals surface area contributed by atoms with Crippen molar-refractivity contribution in [1.82, 2.24) is 0 Å². The minimum atomic E-state index is -0.319. The van der Waals surface area contributed by atoms with Crippen LogP contribution in [0.5, 0.6) is 5.75 Å². The quantitative estimate of drug-likeness (QED) is 0.892. The Morgan fingerprint density at radius 3 is 2.72 bits per heavy atom. The highest BCUT2D eigenvalue weighted by atomic mass is 16.5. The molecule has 0 saturated carbocycles. The number of aliphatic hydroxyl groups excluding tert-OH is 1. The molecule has 92 valence electrons. The van der Waals surface area contributed by atoms with Gasteiger partial charge in [0.1, 0.15) is 12.4 Å². The molecule has 0 heterocycles. The van der Waals surface area contributed by atoms with Gasteiger partial charge in [-0.25, -0.2) is 0 Å². The molecule has 0 amide bonds. The maximum Gasteiger partial charge on any atom is 0.123 e. The van der Waals surface area contributed by atoms with Gasteiger partial charge < -0.3 is 9.84 Å². The molecule has 0 unspecified atom stereocenters. The number of fused-ring (bicyclic) bond motifs is 1. The van der Waals surface area contributed by atoms with Gasteiger partial charge in [0, 0.05) is 5.56 Å². The van der Waals surface area contributed by atoms with Crippen LogP contribution >= 0.6 is 0 Å². The Hall–Kier alpha value is -1.80. The van der Waals surface area contributed by atoms with E-state index < -0.39 is 0 Å². The van der Waals surface area contributed by atoms with Gasteiger partial charge in [0.05, 0.1) is 6.10 Å². The van der Waals surface area contributed by atoms with Gasteiger partial charge in [0.25, 0.3) is 0 Å². The molecule has 3 rings (SSSR count). The van der Waals surface area contributed by atoms with Crippen LogP contribution in [0.1, 0.15) is 29.2 Å². The fraction of sp³-hybridized carbons (Fsp3) is 0.250. The predicted molar refractivity (Wildman–Crippen MR) is 70.5 cm³/mol. The highest BCUT2D eigenvalue weighted by Crippen LogP contribution is 2.36. The van der Waals surface area contributed by atoms with Crippen molar-refractivity contribution >= 4 is 0 Å². The molecule has 0 aliphatic heterocycles. The van der Waals surface area contributed by atoms with E-state index in [1.54, 1.807) is 0 Å². The SMILES string of the molecule is O[C@H]1CCc2c(OCc3ccccc3)cccc21. The number of benzene rings is 2. The van der Waals surface area contributed by atoms with Crippen LogP contribution in [0.2, 0.25) is 0 Å². The van der Waals surface area contributed by atoms with Crippen molar-refractivity contribution in [3.63, 3.8) is 0 Å². The van der Waals surface area contributed by atoms with Crippen molar-refractivity contribution in [2.45, 2.75) is 25.6 Å². The molecular weight excluding hydrogens is 224 g/mol. The van der Waals surface area contributed by atoms with E-state index in [-0.39, 0.29) is 6.10 Å². The molecule has 0 aromatic heterocycles. The molecule has 1 N–H and O–H groups in total. The van der Waals surface area contributed by atoms with Crippen molar-refractivity contribution in [2.24, 2.45) is 0 Å².